The topological polar surface area (TPSA) is 41.6 Å². The molecule has 0 spiro atoms. The fourth-order valence-electron chi connectivity index (χ4n) is 1.74. The molecule has 1 heterocycles. The number of nitrogens with zero attached hydrogens (tertiary/aromatic N) is 3. The second kappa shape index (κ2) is 4.60. The van der Waals surface area contributed by atoms with Crippen LogP contribution in [0.15, 0.2) is 24.3 Å². The van der Waals surface area contributed by atoms with Gasteiger partial charge in [-0.25, -0.2) is 4.98 Å². The van der Waals surface area contributed by atoms with Gasteiger partial charge in [0.1, 0.15) is 5.82 Å². The summed E-state index contributed by atoms with van der Waals surface area (Å²) < 4.78 is 2.00. The highest BCUT2D eigenvalue weighted by molar-refractivity contribution is 6.30. The molecule has 0 bridgehead atoms. The predicted molar refractivity (Wildman–Crippen MR) is 67.7 cm³/mol. The van der Waals surface area contributed by atoms with Crippen molar-refractivity contribution in [2.75, 3.05) is 0 Å². The molecule has 0 saturated heterocycles. The molecule has 4 heteroatoms. The standard InChI is InChI=1S/C13H12ClN3/c1-9-12(7-8-15)16-13(17(9)2)10-3-5-11(14)6-4-10/h3-6H,7H2,1-2H3. The average Bonchev–Trinajstić information content (AvgIpc) is 2.59. The fraction of sp³-hybridized carbons (Fsp3) is 0.231. The lowest BCUT2D eigenvalue weighted by atomic mass is 10.2. The number of rotatable bonds is 2. The summed E-state index contributed by atoms with van der Waals surface area (Å²) in [5.41, 5.74) is 2.86. The Kier molecular flexibility index (Phi) is 3.16. The molecule has 0 radical (unpaired) electrons. The van der Waals surface area contributed by atoms with Gasteiger partial charge in [0.05, 0.1) is 18.2 Å². The minimum atomic E-state index is 0.341. The summed E-state index contributed by atoms with van der Waals surface area (Å²) >= 11 is 5.85. The molecule has 17 heavy (non-hydrogen) atoms. The molecule has 0 amide bonds. The Bertz CT molecular complexity index is 576. The van der Waals surface area contributed by atoms with Crippen molar-refractivity contribution in [1.82, 2.24) is 9.55 Å². The predicted octanol–water partition coefficient (Wildman–Crippen LogP) is 3.12. The quantitative estimate of drug-likeness (QED) is 0.816. The number of nitriles is 1. The van der Waals surface area contributed by atoms with Crippen LogP contribution in [0.2, 0.25) is 5.02 Å². The largest absolute Gasteiger partial charge is 0.331 e. The van der Waals surface area contributed by atoms with Crippen molar-refractivity contribution in [3.63, 3.8) is 0 Å². The van der Waals surface area contributed by atoms with E-state index in [1.807, 2.05) is 42.8 Å². The third-order valence-electron chi connectivity index (χ3n) is 2.83. The number of hydrogen-bond donors (Lipinski definition) is 0. The first-order chi connectivity index (χ1) is 8.13. The highest BCUT2D eigenvalue weighted by Gasteiger charge is 2.12. The van der Waals surface area contributed by atoms with Crippen molar-refractivity contribution in [3.05, 3.63) is 40.7 Å². The minimum Gasteiger partial charge on any atom is -0.331 e. The van der Waals surface area contributed by atoms with Gasteiger partial charge < -0.3 is 4.57 Å². The molecule has 0 aliphatic heterocycles. The summed E-state index contributed by atoms with van der Waals surface area (Å²) in [5.74, 6) is 0.865. The summed E-state index contributed by atoms with van der Waals surface area (Å²) in [6.07, 6.45) is 0.341. The Labute approximate surface area is 105 Å². The number of aromatic nitrogens is 2. The lowest BCUT2D eigenvalue weighted by molar-refractivity contribution is 0.879. The Morgan fingerprint density at radius 1 is 1.35 bits per heavy atom. The Balaban J connectivity index is 2.49. The van der Waals surface area contributed by atoms with Crippen molar-refractivity contribution >= 4 is 11.6 Å². The van der Waals surface area contributed by atoms with E-state index in [1.54, 1.807) is 0 Å². The van der Waals surface area contributed by atoms with E-state index in [0.29, 0.717) is 11.4 Å². The first-order valence-corrected chi connectivity index (χ1v) is 5.66. The molecule has 0 atom stereocenters. The molecule has 2 aromatic rings. The lowest BCUT2D eigenvalue weighted by Crippen LogP contribution is -1.95. The van der Waals surface area contributed by atoms with Gasteiger partial charge in [0, 0.05) is 23.3 Å². The van der Waals surface area contributed by atoms with Crippen molar-refractivity contribution in [3.8, 4) is 17.5 Å². The molecule has 0 aliphatic rings. The molecular weight excluding hydrogens is 234 g/mol. The maximum absolute atomic E-state index is 8.73. The minimum absolute atomic E-state index is 0.341. The molecule has 2 rings (SSSR count). The van der Waals surface area contributed by atoms with E-state index in [1.165, 1.54) is 0 Å². The Morgan fingerprint density at radius 3 is 2.59 bits per heavy atom. The first-order valence-electron chi connectivity index (χ1n) is 5.28. The van der Waals surface area contributed by atoms with Gasteiger partial charge in [-0.05, 0) is 31.2 Å². The average molecular weight is 246 g/mol. The molecule has 0 N–H and O–H groups in total. The van der Waals surface area contributed by atoms with Gasteiger partial charge in [-0.15, -0.1) is 0 Å². The van der Waals surface area contributed by atoms with E-state index in [9.17, 15) is 0 Å². The highest BCUT2D eigenvalue weighted by Crippen LogP contribution is 2.22. The van der Waals surface area contributed by atoms with Crippen LogP contribution in [-0.2, 0) is 13.5 Å². The van der Waals surface area contributed by atoms with E-state index in [-0.39, 0.29) is 0 Å². The molecular formula is C13H12ClN3. The molecule has 0 unspecified atom stereocenters. The third kappa shape index (κ3) is 2.17. The van der Waals surface area contributed by atoms with Crippen molar-refractivity contribution in [1.29, 1.82) is 5.26 Å². The lowest BCUT2D eigenvalue weighted by Gasteiger charge is -2.02. The number of benzene rings is 1. The van der Waals surface area contributed by atoms with Crippen molar-refractivity contribution in [2.24, 2.45) is 7.05 Å². The molecule has 1 aromatic carbocycles. The number of hydrogen-bond acceptors (Lipinski definition) is 2. The van der Waals surface area contributed by atoms with E-state index in [2.05, 4.69) is 11.1 Å². The van der Waals surface area contributed by atoms with Gasteiger partial charge in [0.15, 0.2) is 0 Å². The summed E-state index contributed by atoms with van der Waals surface area (Å²) in [6.45, 7) is 1.97. The van der Waals surface area contributed by atoms with Gasteiger partial charge in [-0.1, -0.05) is 11.6 Å². The van der Waals surface area contributed by atoms with Gasteiger partial charge in [-0.3, -0.25) is 0 Å². The summed E-state index contributed by atoms with van der Waals surface area (Å²) in [7, 11) is 1.95. The van der Waals surface area contributed by atoms with Crippen LogP contribution in [0.25, 0.3) is 11.4 Å². The van der Waals surface area contributed by atoms with Gasteiger partial charge in [-0.2, -0.15) is 5.26 Å². The molecule has 0 fully saturated rings. The van der Waals surface area contributed by atoms with Gasteiger partial charge in [0.2, 0.25) is 0 Å². The van der Waals surface area contributed by atoms with Gasteiger partial charge >= 0.3 is 0 Å². The summed E-state index contributed by atoms with van der Waals surface area (Å²) in [5, 5.41) is 9.44. The zero-order valence-electron chi connectivity index (χ0n) is 9.74. The zero-order valence-corrected chi connectivity index (χ0v) is 10.5. The molecule has 0 saturated carbocycles. The molecule has 0 aliphatic carbocycles. The van der Waals surface area contributed by atoms with Gasteiger partial charge in [0.25, 0.3) is 0 Å². The van der Waals surface area contributed by atoms with Crippen LogP contribution in [-0.4, -0.2) is 9.55 Å². The molecule has 3 nitrogen and oxygen atoms in total. The maximum atomic E-state index is 8.73. The van der Waals surface area contributed by atoms with E-state index < -0.39 is 0 Å². The van der Waals surface area contributed by atoms with Crippen LogP contribution < -0.4 is 0 Å². The second-order valence-electron chi connectivity index (χ2n) is 3.87. The number of imidazole rings is 1. The third-order valence-corrected chi connectivity index (χ3v) is 3.08. The van der Waals surface area contributed by atoms with Crippen LogP contribution in [0, 0.1) is 18.3 Å². The highest BCUT2D eigenvalue weighted by atomic mass is 35.5. The smallest absolute Gasteiger partial charge is 0.140 e. The normalized spacial score (nSPS) is 10.2. The maximum Gasteiger partial charge on any atom is 0.140 e. The monoisotopic (exact) mass is 245 g/mol. The SMILES string of the molecule is Cc1c(CC#N)nc(-c2ccc(Cl)cc2)n1C. The summed E-state index contributed by atoms with van der Waals surface area (Å²) in [6, 6.07) is 9.67. The van der Waals surface area contributed by atoms with Crippen LogP contribution in [0.4, 0.5) is 0 Å². The first kappa shape index (κ1) is 11.7. The van der Waals surface area contributed by atoms with Crippen LogP contribution in [0.3, 0.4) is 0 Å². The van der Waals surface area contributed by atoms with Crippen molar-refractivity contribution in [2.45, 2.75) is 13.3 Å². The zero-order chi connectivity index (χ0) is 12.4. The Hall–Kier alpha value is -1.79. The molecule has 86 valence electrons. The van der Waals surface area contributed by atoms with E-state index in [4.69, 9.17) is 16.9 Å². The van der Waals surface area contributed by atoms with Crippen LogP contribution in [0.1, 0.15) is 11.4 Å². The van der Waals surface area contributed by atoms with E-state index >= 15 is 0 Å². The molecule has 1 aromatic heterocycles. The Morgan fingerprint density at radius 2 is 2.00 bits per heavy atom. The number of halogens is 1. The van der Waals surface area contributed by atoms with Crippen LogP contribution >= 0.6 is 11.6 Å². The summed E-state index contributed by atoms with van der Waals surface area (Å²) in [4.78, 5) is 4.50. The fourth-order valence-corrected chi connectivity index (χ4v) is 1.86. The van der Waals surface area contributed by atoms with E-state index in [0.717, 1.165) is 22.8 Å². The van der Waals surface area contributed by atoms with Crippen LogP contribution in [0.5, 0.6) is 0 Å². The van der Waals surface area contributed by atoms with Crippen molar-refractivity contribution < 1.29 is 0 Å². The second-order valence-corrected chi connectivity index (χ2v) is 4.30.